The van der Waals surface area contributed by atoms with E-state index in [9.17, 15) is 0 Å². The van der Waals surface area contributed by atoms with Gasteiger partial charge in [-0.3, -0.25) is 4.68 Å². The Bertz CT molecular complexity index is 676. The molecular formula is C20H30N4. The Kier molecular flexibility index (Phi) is 4.74. The number of nitrogens with zero attached hydrogens (tertiary/aromatic N) is 4. The summed E-state index contributed by atoms with van der Waals surface area (Å²) in [6.07, 6.45) is 9.20. The molecule has 1 aromatic heterocycles. The van der Waals surface area contributed by atoms with Crippen LogP contribution >= 0.6 is 0 Å². The summed E-state index contributed by atoms with van der Waals surface area (Å²) in [6, 6.07) is 6.98. The van der Waals surface area contributed by atoms with Gasteiger partial charge in [-0.1, -0.05) is 12.8 Å². The highest BCUT2D eigenvalue weighted by Crippen LogP contribution is 2.26. The zero-order chi connectivity index (χ0) is 16.4. The third kappa shape index (κ3) is 3.30. The summed E-state index contributed by atoms with van der Waals surface area (Å²) in [4.78, 5) is 5.13. The smallest absolute Gasteiger partial charge is 0.0716 e. The predicted molar refractivity (Wildman–Crippen MR) is 101 cm³/mol. The van der Waals surface area contributed by atoms with Gasteiger partial charge in [0.05, 0.1) is 11.2 Å². The average Bonchev–Trinajstić information content (AvgIpc) is 3.12. The molecule has 2 saturated heterocycles. The van der Waals surface area contributed by atoms with E-state index < -0.39 is 0 Å². The van der Waals surface area contributed by atoms with Crippen LogP contribution in [-0.4, -0.2) is 47.4 Å². The van der Waals surface area contributed by atoms with E-state index in [1.54, 1.807) is 0 Å². The summed E-state index contributed by atoms with van der Waals surface area (Å²) in [5, 5.41) is 6.17. The van der Waals surface area contributed by atoms with Crippen molar-refractivity contribution in [2.24, 2.45) is 7.05 Å². The van der Waals surface area contributed by atoms with Gasteiger partial charge in [0.25, 0.3) is 0 Å². The van der Waals surface area contributed by atoms with Crippen molar-refractivity contribution in [3.8, 4) is 0 Å². The molecule has 4 heteroatoms. The fraction of sp³-hybridized carbons (Fsp3) is 0.650. The second kappa shape index (κ2) is 7.14. The highest BCUT2D eigenvalue weighted by atomic mass is 15.3. The van der Waals surface area contributed by atoms with Crippen molar-refractivity contribution in [3.63, 3.8) is 0 Å². The SMILES string of the molecule is Cn1nc(CCN2CCCC2)c2ccc(N3CCCCCC3)cc21. The zero-order valence-corrected chi connectivity index (χ0v) is 15.0. The molecule has 1 aromatic carbocycles. The first kappa shape index (κ1) is 15.9. The molecule has 0 unspecified atom stereocenters. The van der Waals surface area contributed by atoms with Crippen LogP contribution in [0.25, 0.3) is 10.9 Å². The minimum absolute atomic E-state index is 1.07. The summed E-state index contributed by atoms with van der Waals surface area (Å²) >= 11 is 0. The second-order valence-corrected chi connectivity index (χ2v) is 7.47. The average molecular weight is 326 g/mol. The minimum atomic E-state index is 1.07. The third-order valence-corrected chi connectivity index (χ3v) is 5.75. The van der Waals surface area contributed by atoms with Crippen molar-refractivity contribution >= 4 is 16.6 Å². The van der Waals surface area contributed by atoms with Gasteiger partial charge in [-0.15, -0.1) is 0 Å². The molecule has 2 aromatic rings. The van der Waals surface area contributed by atoms with E-state index in [1.807, 2.05) is 0 Å². The van der Waals surface area contributed by atoms with Crippen molar-refractivity contribution in [3.05, 3.63) is 23.9 Å². The standard InChI is InChI=1S/C20H30N4/c1-22-20-16-17(24-13-4-2-3-5-14-24)8-9-18(20)19(21-22)10-15-23-11-6-7-12-23/h8-9,16H,2-7,10-15H2,1H3. The first-order chi connectivity index (χ1) is 11.8. The quantitative estimate of drug-likeness (QED) is 0.858. The van der Waals surface area contributed by atoms with Crippen molar-refractivity contribution < 1.29 is 0 Å². The number of rotatable bonds is 4. The molecule has 4 rings (SSSR count). The molecule has 4 nitrogen and oxygen atoms in total. The summed E-state index contributed by atoms with van der Waals surface area (Å²) in [5.41, 5.74) is 3.92. The Balaban J connectivity index is 1.54. The van der Waals surface area contributed by atoms with Crippen LogP contribution < -0.4 is 4.90 Å². The van der Waals surface area contributed by atoms with Gasteiger partial charge < -0.3 is 9.80 Å². The molecule has 0 N–H and O–H groups in total. The second-order valence-electron chi connectivity index (χ2n) is 7.47. The number of hydrogen-bond donors (Lipinski definition) is 0. The maximum absolute atomic E-state index is 4.83. The summed E-state index contributed by atoms with van der Waals surface area (Å²) in [5.74, 6) is 0. The van der Waals surface area contributed by atoms with Gasteiger partial charge in [0.1, 0.15) is 0 Å². The Morgan fingerprint density at radius 1 is 0.917 bits per heavy atom. The Morgan fingerprint density at radius 3 is 2.38 bits per heavy atom. The molecule has 2 aliphatic heterocycles. The summed E-state index contributed by atoms with van der Waals surface area (Å²) < 4.78 is 2.08. The fourth-order valence-electron chi connectivity index (χ4n) is 4.30. The largest absolute Gasteiger partial charge is 0.371 e. The molecule has 0 aliphatic carbocycles. The number of anilines is 1. The first-order valence-electron chi connectivity index (χ1n) is 9.74. The lowest BCUT2D eigenvalue weighted by Gasteiger charge is -2.22. The van der Waals surface area contributed by atoms with E-state index in [1.165, 1.54) is 87.0 Å². The van der Waals surface area contributed by atoms with Gasteiger partial charge in [-0.05, 0) is 57.0 Å². The van der Waals surface area contributed by atoms with Gasteiger partial charge in [0, 0.05) is 44.2 Å². The number of aryl methyl sites for hydroxylation is 1. The fourth-order valence-corrected chi connectivity index (χ4v) is 4.30. The van der Waals surface area contributed by atoms with Crippen LogP contribution in [-0.2, 0) is 13.5 Å². The molecule has 2 aliphatic rings. The Labute approximate surface area is 145 Å². The van der Waals surface area contributed by atoms with Gasteiger partial charge in [-0.2, -0.15) is 5.10 Å². The normalized spacial score (nSPS) is 20.0. The van der Waals surface area contributed by atoms with E-state index in [0.29, 0.717) is 0 Å². The van der Waals surface area contributed by atoms with Crippen LogP contribution in [0.1, 0.15) is 44.2 Å². The highest BCUT2D eigenvalue weighted by molar-refractivity contribution is 5.85. The van der Waals surface area contributed by atoms with Crippen molar-refractivity contribution in [2.75, 3.05) is 37.6 Å². The van der Waals surface area contributed by atoms with Crippen LogP contribution in [0.4, 0.5) is 5.69 Å². The molecule has 130 valence electrons. The minimum Gasteiger partial charge on any atom is -0.371 e. The Hall–Kier alpha value is -1.55. The lowest BCUT2D eigenvalue weighted by molar-refractivity contribution is 0.342. The van der Waals surface area contributed by atoms with Gasteiger partial charge in [-0.25, -0.2) is 0 Å². The number of benzene rings is 1. The topological polar surface area (TPSA) is 24.3 Å². The number of aromatic nitrogens is 2. The molecule has 2 fully saturated rings. The maximum Gasteiger partial charge on any atom is 0.0716 e. The van der Waals surface area contributed by atoms with Crippen LogP contribution in [0.15, 0.2) is 18.2 Å². The molecule has 0 saturated carbocycles. The zero-order valence-electron chi connectivity index (χ0n) is 15.0. The molecule has 3 heterocycles. The van der Waals surface area contributed by atoms with Gasteiger partial charge >= 0.3 is 0 Å². The Morgan fingerprint density at radius 2 is 1.62 bits per heavy atom. The van der Waals surface area contributed by atoms with Crippen LogP contribution in [0, 0.1) is 0 Å². The van der Waals surface area contributed by atoms with E-state index >= 15 is 0 Å². The maximum atomic E-state index is 4.83. The van der Waals surface area contributed by atoms with E-state index in [-0.39, 0.29) is 0 Å². The molecule has 0 amide bonds. The predicted octanol–water partition coefficient (Wildman–Crippen LogP) is 3.59. The summed E-state index contributed by atoms with van der Waals surface area (Å²) in [7, 11) is 2.09. The summed E-state index contributed by atoms with van der Waals surface area (Å²) in [6.45, 7) is 6.09. The highest BCUT2D eigenvalue weighted by Gasteiger charge is 2.16. The van der Waals surface area contributed by atoms with Gasteiger partial charge in [0.2, 0.25) is 0 Å². The monoisotopic (exact) mass is 326 g/mol. The third-order valence-electron chi connectivity index (χ3n) is 5.75. The molecule has 0 radical (unpaired) electrons. The van der Waals surface area contributed by atoms with Crippen molar-refractivity contribution in [1.82, 2.24) is 14.7 Å². The van der Waals surface area contributed by atoms with Gasteiger partial charge in [0.15, 0.2) is 0 Å². The number of fused-ring (bicyclic) bond motifs is 1. The number of likely N-dealkylation sites (tertiary alicyclic amines) is 1. The molecule has 24 heavy (non-hydrogen) atoms. The van der Waals surface area contributed by atoms with Crippen LogP contribution in [0.5, 0.6) is 0 Å². The van der Waals surface area contributed by atoms with Crippen molar-refractivity contribution in [2.45, 2.75) is 44.9 Å². The van der Waals surface area contributed by atoms with E-state index in [4.69, 9.17) is 5.10 Å². The van der Waals surface area contributed by atoms with Crippen LogP contribution in [0.3, 0.4) is 0 Å². The molecule has 0 bridgehead atoms. The molecular weight excluding hydrogens is 296 g/mol. The number of hydrogen-bond acceptors (Lipinski definition) is 3. The van der Waals surface area contributed by atoms with Crippen molar-refractivity contribution in [1.29, 1.82) is 0 Å². The molecule has 0 atom stereocenters. The van der Waals surface area contributed by atoms with E-state index in [2.05, 4.69) is 39.7 Å². The van der Waals surface area contributed by atoms with E-state index in [0.717, 1.165) is 13.0 Å². The van der Waals surface area contributed by atoms with Crippen LogP contribution in [0.2, 0.25) is 0 Å². The first-order valence-corrected chi connectivity index (χ1v) is 9.74. The molecule has 0 spiro atoms. The lowest BCUT2D eigenvalue weighted by Crippen LogP contribution is -2.23. The lowest BCUT2D eigenvalue weighted by atomic mass is 10.1.